The van der Waals surface area contributed by atoms with Gasteiger partial charge in [-0.2, -0.15) is 0 Å². The number of ether oxygens (including phenoxy) is 1. The van der Waals surface area contributed by atoms with E-state index in [1.54, 1.807) is 25.3 Å². The molecular weight excluding hydrogens is 400 g/mol. The molecule has 3 heterocycles. The number of aromatic nitrogens is 1. The van der Waals surface area contributed by atoms with Gasteiger partial charge in [0.2, 0.25) is 0 Å². The summed E-state index contributed by atoms with van der Waals surface area (Å²) in [5.41, 5.74) is 3.94. The van der Waals surface area contributed by atoms with Gasteiger partial charge >= 0.3 is 6.03 Å². The lowest BCUT2D eigenvalue weighted by molar-refractivity contribution is 0.174. The van der Waals surface area contributed by atoms with Crippen molar-refractivity contribution in [1.82, 2.24) is 9.47 Å². The van der Waals surface area contributed by atoms with Crippen LogP contribution < -0.4 is 15.4 Å². The van der Waals surface area contributed by atoms with Crippen molar-refractivity contribution in [1.29, 1.82) is 0 Å². The van der Waals surface area contributed by atoms with Gasteiger partial charge in [0.1, 0.15) is 5.75 Å². The van der Waals surface area contributed by atoms with Gasteiger partial charge in [-0.25, -0.2) is 4.79 Å². The third-order valence-electron chi connectivity index (χ3n) is 6.08. The van der Waals surface area contributed by atoms with Crippen LogP contribution in [-0.2, 0) is 5.54 Å². The topological polar surface area (TPSA) is 58.5 Å². The first kappa shape index (κ1) is 18.9. The van der Waals surface area contributed by atoms with Gasteiger partial charge in [0.25, 0.3) is 0 Å². The van der Waals surface area contributed by atoms with Crippen LogP contribution in [0.15, 0.2) is 60.8 Å². The maximum absolute atomic E-state index is 12.9. The van der Waals surface area contributed by atoms with Crippen molar-refractivity contribution < 1.29 is 9.53 Å². The molecule has 7 heteroatoms. The van der Waals surface area contributed by atoms with E-state index >= 15 is 0 Å². The van der Waals surface area contributed by atoms with Gasteiger partial charge in [-0.05, 0) is 55.3 Å². The van der Waals surface area contributed by atoms with E-state index in [4.69, 9.17) is 16.3 Å². The molecule has 1 aromatic heterocycles. The number of carbonyl (C=O) groups excluding carboxylic acids is 1. The average Bonchev–Trinajstić information content (AvgIpc) is 3.26. The highest BCUT2D eigenvalue weighted by atomic mass is 35.5. The molecule has 2 aliphatic heterocycles. The number of hydrogen-bond acceptors (Lipinski definition) is 3. The molecule has 154 valence electrons. The predicted octanol–water partition coefficient (Wildman–Crippen LogP) is 5.09. The van der Waals surface area contributed by atoms with Crippen LogP contribution in [-0.4, -0.2) is 35.7 Å². The first-order chi connectivity index (χ1) is 14.6. The van der Waals surface area contributed by atoms with Crippen molar-refractivity contribution >= 4 is 29.0 Å². The molecule has 30 heavy (non-hydrogen) atoms. The number of likely N-dealkylation sites (tertiary alicyclic amines) is 1. The van der Waals surface area contributed by atoms with Crippen molar-refractivity contribution in [2.75, 3.05) is 30.8 Å². The Hall–Kier alpha value is -3.12. The van der Waals surface area contributed by atoms with Crippen LogP contribution in [0, 0.1) is 0 Å². The average molecular weight is 423 g/mol. The molecule has 1 fully saturated rings. The van der Waals surface area contributed by atoms with Gasteiger partial charge in [0.05, 0.1) is 29.7 Å². The standard InChI is InChI=1S/C23H23ClN4O2/c1-30-20-9-8-16(24)15-18(20)25-22(29)27-13-10-23(11-14-27)21-7-4-12-28(21)19-6-3-2-5-17(19)26-23/h2-9,12,15,26H,10-11,13-14H2,1H3,(H,25,29). The van der Waals surface area contributed by atoms with Gasteiger partial charge in [0, 0.05) is 30.0 Å². The molecule has 1 saturated heterocycles. The number of piperidine rings is 1. The fraction of sp³-hybridized carbons (Fsp3) is 0.261. The van der Waals surface area contributed by atoms with E-state index in [1.165, 1.54) is 5.69 Å². The molecule has 0 bridgehead atoms. The Morgan fingerprint density at radius 2 is 1.93 bits per heavy atom. The van der Waals surface area contributed by atoms with E-state index in [0.29, 0.717) is 29.5 Å². The third-order valence-corrected chi connectivity index (χ3v) is 6.32. The summed E-state index contributed by atoms with van der Waals surface area (Å²) in [6, 6.07) is 17.7. The van der Waals surface area contributed by atoms with Crippen LogP contribution in [0.2, 0.25) is 5.02 Å². The fourth-order valence-corrected chi connectivity index (χ4v) is 4.71. The molecule has 2 amide bonds. The van der Waals surface area contributed by atoms with Crippen molar-refractivity contribution in [3.05, 3.63) is 71.5 Å². The number of nitrogens with zero attached hydrogens (tertiary/aromatic N) is 2. The molecule has 0 saturated carbocycles. The molecule has 2 aromatic carbocycles. The highest BCUT2D eigenvalue weighted by Gasteiger charge is 2.42. The number of methoxy groups -OCH3 is 1. The minimum atomic E-state index is -0.178. The number of carbonyl (C=O) groups is 1. The summed E-state index contributed by atoms with van der Waals surface area (Å²) < 4.78 is 7.60. The quantitative estimate of drug-likeness (QED) is 0.604. The van der Waals surface area contributed by atoms with E-state index in [0.717, 1.165) is 24.2 Å². The molecule has 2 aliphatic rings. The molecule has 5 rings (SSSR count). The van der Waals surface area contributed by atoms with Gasteiger partial charge in [-0.3, -0.25) is 0 Å². The highest BCUT2D eigenvalue weighted by molar-refractivity contribution is 6.31. The normalized spacial score (nSPS) is 16.4. The number of anilines is 2. The first-order valence-corrected chi connectivity index (χ1v) is 10.4. The second-order valence-electron chi connectivity index (χ2n) is 7.75. The molecule has 0 aliphatic carbocycles. The molecule has 6 nitrogen and oxygen atoms in total. The van der Waals surface area contributed by atoms with Crippen LogP contribution in [0.4, 0.5) is 16.2 Å². The molecule has 0 radical (unpaired) electrons. The number of rotatable bonds is 2. The van der Waals surface area contributed by atoms with E-state index < -0.39 is 0 Å². The van der Waals surface area contributed by atoms with Crippen LogP contribution in [0.5, 0.6) is 5.75 Å². The zero-order valence-corrected chi connectivity index (χ0v) is 17.4. The van der Waals surface area contributed by atoms with Gasteiger partial charge in [-0.15, -0.1) is 0 Å². The van der Waals surface area contributed by atoms with Crippen molar-refractivity contribution in [3.8, 4) is 11.4 Å². The number of amides is 2. The lowest BCUT2D eigenvalue weighted by atomic mass is 9.82. The Kier molecular flexibility index (Phi) is 4.59. The van der Waals surface area contributed by atoms with Crippen molar-refractivity contribution in [2.45, 2.75) is 18.4 Å². The van der Waals surface area contributed by atoms with E-state index in [2.05, 4.69) is 57.8 Å². The second-order valence-corrected chi connectivity index (χ2v) is 8.19. The second kappa shape index (κ2) is 7.29. The van der Waals surface area contributed by atoms with Gasteiger partial charge < -0.3 is 24.8 Å². The number of halogens is 1. The largest absolute Gasteiger partial charge is 0.495 e. The Balaban J connectivity index is 1.34. The SMILES string of the molecule is COc1ccc(Cl)cc1NC(=O)N1CCC2(CC1)Nc1ccccc1-n1cccc12. The zero-order valence-electron chi connectivity index (χ0n) is 16.7. The lowest BCUT2D eigenvalue weighted by Gasteiger charge is -2.46. The summed E-state index contributed by atoms with van der Waals surface area (Å²) in [6.07, 6.45) is 3.76. The number of nitrogens with one attached hydrogen (secondary N) is 2. The Labute approximate surface area is 180 Å². The van der Waals surface area contributed by atoms with Crippen LogP contribution in [0.3, 0.4) is 0 Å². The summed E-state index contributed by atoms with van der Waals surface area (Å²) in [5, 5.41) is 7.27. The maximum Gasteiger partial charge on any atom is 0.321 e. The zero-order chi connectivity index (χ0) is 20.7. The monoisotopic (exact) mass is 422 g/mol. The lowest BCUT2D eigenvalue weighted by Crippen LogP contribution is -2.51. The molecule has 2 N–H and O–H groups in total. The Morgan fingerprint density at radius 1 is 1.13 bits per heavy atom. The van der Waals surface area contributed by atoms with E-state index in [1.807, 2.05) is 4.90 Å². The molecule has 0 unspecified atom stereocenters. The van der Waals surface area contributed by atoms with Gasteiger partial charge in [0.15, 0.2) is 0 Å². The summed E-state index contributed by atoms with van der Waals surface area (Å²) in [4.78, 5) is 14.8. The predicted molar refractivity (Wildman–Crippen MR) is 119 cm³/mol. The molecule has 0 atom stereocenters. The maximum atomic E-state index is 12.9. The van der Waals surface area contributed by atoms with Gasteiger partial charge in [-0.1, -0.05) is 23.7 Å². The number of para-hydroxylation sites is 2. The Morgan fingerprint density at radius 3 is 2.73 bits per heavy atom. The molecule has 3 aromatic rings. The molecule has 1 spiro atoms. The van der Waals surface area contributed by atoms with Crippen LogP contribution in [0.25, 0.3) is 5.69 Å². The minimum absolute atomic E-state index is 0.142. The van der Waals surface area contributed by atoms with Crippen molar-refractivity contribution in [3.63, 3.8) is 0 Å². The number of urea groups is 1. The Bertz CT molecular complexity index is 1100. The van der Waals surface area contributed by atoms with Crippen molar-refractivity contribution in [2.24, 2.45) is 0 Å². The van der Waals surface area contributed by atoms with E-state index in [9.17, 15) is 4.79 Å². The van der Waals surface area contributed by atoms with Crippen LogP contribution in [0.1, 0.15) is 18.5 Å². The highest BCUT2D eigenvalue weighted by Crippen LogP contribution is 2.43. The summed E-state index contributed by atoms with van der Waals surface area (Å²) >= 11 is 6.09. The smallest absolute Gasteiger partial charge is 0.321 e. The van der Waals surface area contributed by atoms with Crippen LogP contribution >= 0.6 is 11.6 Å². The molecular formula is C23H23ClN4O2. The fourth-order valence-electron chi connectivity index (χ4n) is 4.54. The number of benzene rings is 2. The summed E-state index contributed by atoms with van der Waals surface area (Å²) in [7, 11) is 1.57. The third kappa shape index (κ3) is 3.08. The first-order valence-electron chi connectivity index (χ1n) is 10.0. The minimum Gasteiger partial charge on any atom is -0.495 e. The number of fused-ring (bicyclic) bond motifs is 4. The summed E-state index contributed by atoms with van der Waals surface area (Å²) in [6.45, 7) is 1.30. The van der Waals surface area contributed by atoms with E-state index in [-0.39, 0.29) is 11.6 Å². The number of hydrogen-bond donors (Lipinski definition) is 2. The summed E-state index contributed by atoms with van der Waals surface area (Å²) in [5.74, 6) is 0.588.